The van der Waals surface area contributed by atoms with Gasteiger partial charge in [-0.2, -0.15) is 0 Å². The van der Waals surface area contributed by atoms with Crippen LogP contribution in [0.25, 0.3) is 0 Å². The van der Waals surface area contributed by atoms with Gasteiger partial charge >= 0.3 is 0 Å². The summed E-state index contributed by atoms with van der Waals surface area (Å²) in [6.45, 7) is 6.64. The molecule has 1 heterocycles. The van der Waals surface area contributed by atoms with Crippen LogP contribution in [-0.4, -0.2) is 38.0 Å². The minimum Gasteiger partial charge on any atom is -0.397 e. The van der Waals surface area contributed by atoms with Gasteiger partial charge in [0, 0.05) is 32.7 Å². The average molecular weight is 289 g/mol. The molecule has 21 heavy (non-hydrogen) atoms. The Morgan fingerprint density at radius 2 is 1.95 bits per heavy atom. The lowest BCUT2D eigenvalue weighted by molar-refractivity contribution is 0.0827. The van der Waals surface area contributed by atoms with Crippen molar-refractivity contribution < 1.29 is 4.79 Å². The number of carbonyl (C=O) groups excluding carboxylic acids is 1. The van der Waals surface area contributed by atoms with Crippen LogP contribution in [0.3, 0.4) is 0 Å². The van der Waals surface area contributed by atoms with Crippen molar-refractivity contribution >= 4 is 17.3 Å². The third kappa shape index (κ3) is 3.31. The van der Waals surface area contributed by atoms with Crippen molar-refractivity contribution in [3.63, 3.8) is 0 Å². The molecule has 1 aromatic carbocycles. The number of rotatable bonds is 3. The summed E-state index contributed by atoms with van der Waals surface area (Å²) < 4.78 is 0. The molecule has 1 amide bonds. The maximum atomic E-state index is 12.1. The van der Waals surface area contributed by atoms with E-state index in [2.05, 4.69) is 18.7 Å². The molecule has 0 radical (unpaired) electrons. The normalized spacial score (nSPS) is 17.6. The predicted octanol–water partition coefficient (Wildman–Crippen LogP) is 2.99. The second kappa shape index (κ2) is 5.96. The fourth-order valence-corrected chi connectivity index (χ4v) is 2.85. The van der Waals surface area contributed by atoms with E-state index >= 15 is 0 Å². The van der Waals surface area contributed by atoms with Crippen molar-refractivity contribution in [2.24, 2.45) is 5.41 Å². The summed E-state index contributed by atoms with van der Waals surface area (Å²) in [5.41, 5.74) is 9.03. The van der Waals surface area contributed by atoms with Crippen LogP contribution in [-0.2, 0) is 0 Å². The van der Waals surface area contributed by atoms with Crippen molar-refractivity contribution in [3.8, 4) is 0 Å². The molecule has 1 aromatic rings. The van der Waals surface area contributed by atoms with E-state index in [1.807, 2.05) is 12.1 Å². The van der Waals surface area contributed by atoms with Crippen LogP contribution in [0.5, 0.6) is 0 Å². The highest BCUT2D eigenvalue weighted by Crippen LogP contribution is 2.37. The van der Waals surface area contributed by atoms with Crippen LogP contribution < -0.4 is 10.6 Å². The van der Waals surface area contributed by atoms with E-state index in [1.165, 1.54) is 19.3 Å². The Kier molecular flexibility index (Phi) is 4.45. The van der Waals surface area contributed by atoms with Crippen LogP contribution in [0.15, 0.2) is 18.2 Å². The van der Waals surface area contributed by atoms with Crippen molar-refractivity contribution in [3.05, 3.63) is 23.8 Å². The molecule has 4 heteroatoms. The Morgan fingerprint density at radius 1 is 1.33 bits per heavy atom. The summed E-state index contributed by atoms with van der Waals surface area (Å²) in [5.74, 6) is 0.0201. The van der Waals surface area contributed by atoms with E-state index in [9.17, 15) is 4.79 Å². The standard InChI is InChI=1S/C17H27N3O/c1-5-17(2)8-10-20(11-9-17)15-12-13(6-7-14(15)18)16(21)19(3)4/h6-7,12H,5,8-11,18H2,1-4H3. The van der Waals surface area contributed by atoms with E-state index in [4.69, 9.17) is 5.73 Å². The second-order valence-corrected chi connectivity index (χ2v) is 6.62. The highest BCUT2D eigenvalue weighted by atomic mass is 16.2. The largest absolute Gasteiger partial charge is 0.397 e. The van der Waals surface area contributed by atoms with E-state index in [0.29, 0.717) is 11.0 Å². The van der Waals surface area contributed by atoms with Gasteiger partial charge in [0.15, 0.2) is 0 Å². The Hall–Kier alpha value is -1.71. The number of amides is 1. The first-order valence-corrected chi connectivity index (χ1v) is 7.72. The zero-order valence-corrected chi connectivity index (χ0v) is 13.6. The van der Waals surface area contributed by atoms with Crippen molar-refractivity contribution in [1.29, 1.82) is 0 Å². The first-order valence-electron chi connectivity index (χ1n) is 7.72. The van der Waals surface area contributed by atoms with Gasteiger partial charge in [0.25, 0.3) is 5.91 Å². The number of nitrogens with two attached hydrogens (primary N) is 1. The molecule has 1 fully saturated rings. The van der Waals surface area contributed by atoms with E-state index in [1.54, 1.807) is 25.1 Å². The molecule has 0 spiro atoms. The molecule has 2 N–H and O–H groups in total. The fraction of sp³-hybridized carbons (Fsp3) is 0.588. The van der Waals surface area contributed by atoms with Gasteiger partial charge in [-0.3, -0.25) is 4.79 Å². The Balaban J connectivity index is 2.20. The summed E-state index contributed by atoms with van der Waals surface area (Å²) in [6.07, 6.45) is 3.57. The Labute approximate surface area is 127 Å². The first kappa shape index (κ1) is 15.7. The molecule has 0 atom stereocenters. The quantitative estimate of drug-likeness (QED) is 0.870. The lowest BCUT2D eigenvalue weighted by Gasteiger charge is -2.40. The Morgan fingerprint density at radius 3 is 2.48 bits per heavy atom. The van der Waals surface area contributed by atoms with Crippen molar-refractivity contribution in [1.82, 2.24) is 4.90 Å². The third-order valence-electron chi connectivity index (χ3n) is 4.85. The van der Waals surface area contributed by atoms with Crippen molar-refractivity contribution in [2.45, 2.75) is 33.1 Å². The number of benzene rings is 1. The molecule has 116 valence electrons. The van der Waals surface area contributed by atoms with Gasteiger partial charge in [-0.05, 0) is 36.5 Å². The lowest BCUT2D eigenvalue weighted by Crippen LogP contribution is -2.38. The maximum absolute atomic E-state index is 12.1. The average Bonchev–Trinajstić information content (AvgIpc) is 2.48. The number of hydrogen-bond acceptors (Lipinski definition) is 3. The van der Waals surface area contributed by atoms with Gasteiger partial charge in [0.05, 0.1) is 11.4 Å². The molecule has 0 unspecified atom stereocenters. The smallest absolute Gasteiger partial charge is 0.253 e. The van der Waals surface area contributed by atoms with E-state index < -0.39 is 0 Å². The zero-order chi connectivity index (χ0) is 15.6. The topological polar surface area (TPSA) is 49.6 Å². The van der Waals surface area contributed by atoms with Crippen molar-refractivity contribution in [2.75, 3.05) is 37.8 Å². The number of carbonyl (C=O) groups is 1. The first-order chi connectivity index (χ1) is 9.86. The zero-order valence-electron chi connectivity index (χ0n) is 13.6. The number of piperidine rings is 1. The predicted molar refractivity (Wildman–Crippen MR) is 88.7 cm³/mol. The SMILES string of the molecule is CCC1(C)CCN(c2cc(C(=O)N(C)C)ccc2N)CC1. The summed E-state index contributed by atoms with van der Waals surface area (Å²) in [5, 5.41) is 0. The van der Waals surface area contributed by atoms with Crippen LogP contribution in [0.1, 0.15) is 43.5 Å². The minimum atomic E-state index is 0.0201. The van der Waals surface area contributed by atoms with Gasteiger partial charge in [-0.25, -0.2) is 0 Å². The number of hydrogen-bond donors (Lipinski definition) is 1. The fourth-order valence-electron chi connectivity index (χ4n) is 2.85. The van der Waals surface area contributed by atoms with Crippen LogP contribution in [0.2, 0.25) is 0 Å². The molecule has 0 saturated carbocycles. The minimum absolute atomic E-state index is 0.0201. The maximum Gasteiger partial charge on any atom is 0.253 e. The summed E-state index contributed by atoms with van der Waals surface area (Å²) in [7, 11) is 3.54. The summed E-state index contributed by atoms with van der Waals surface area (Å²) in [4.78, 5) is 16.0. The van der Waals surface area contributed by atoms with Gasteiger partial charge in [0.2, 0.25) is 0 Å². The van der Waals surface area contributed by atoms with Crippen LogP contribution >= 0.6 is 0 Å². The molecule has 1 aliphatic heterocycles. The van der Waals surface area contributed by atoms with Gasteiger partial charge in [0.1, 0.15) is 0 Å². The molecule has 0 aliphatic carbocycles. The third-order valence-corrected chi connectivity index (χ3v) is 4.85. The van der Waals surface area contributed by atoms with E-state index in [0.717, 1.165) is 24.5 Å². The summed E-state index contributed by atoms with van der Waals surface area (Å²) in [6, 6.07) is 5.59. The summed E-state index contributed by atoms with van der Waals surface area (Å²) >= 11 is 0. The number of anilines is 2. The van der Waals surface area contributed by atoms with Gasteiger partial charge in [-0.1, -0.05) is 20.3 Å². The highest BCUT2D eigenvalue weighted by molar-refractivity contribution is 5.96. The van der Waals surface area contributed by atoms with Gasteiger partial charge < -0.3 is 15.5 Å². The molecule has 4 nitrogen and oxygen atoms in total. The molecular formula is C17H27N3O. The molecule has 2 rings (SSSR count). The van der Waals surface area contributed by atoms with Crippen LogP contribution in [0.4, 0.5) is 11.4 Å². The lowest BCUT2D eigenvalue weighted by atomic mass is 9.78. The van der Waals surface area contributed by atoms with E-state index in [-0.39, 0.29) is 5.91 Å². The van der Waals surface area contributed by atoms with Crippen LogP contribution in [0, 0.1) is 5.41 Å². The molecule has 0 bridgehead atoms. The number of nitrogens with zero attached hydrogens (tertiary/aromatic N) is 2. The monoisotopic (exact) mass is 289 g/mol. The highest BCUT2D eigenvalue weighted by Gasteiger charge is 2.29. The molecular weight excluding hydrogens is 262 g/mol. The molecule has 1 aliphatic rings. The second-order valence-electron chi connectivity index (χ2n) is 6.62. The Bertz CT molecular complexity index is 517. The van der Waals surface area contributed by atoms with Gasteiger partial charge in [-0.15, -0.1) is 0 Å². The molecule has 0 aromatic heterocycles. The molecule has 1 saturated heterocycles. The number of nitrogen functional groups attached to an aromatic ring is 1.